The summed E-state index contributed by atoms with van der Waals surface area (Å²) in [5.41, 5.74) is 0.260. The second-order valence-electron chi connectivity index (χ2n) is 4.86. The minimum Gasteiger partial charge on any atom is -0.495 e. The smallest absolute Gasteiger partial charge is 0.273 e. The van der Waals surface area contributed by atoms with Crippen LogP contribution in [0.15, 0.2) is 46.5 Å². The molecule has 24 heavy (non-hydrogen) atoms. The number of nitrogens with zero attached hydrogens (tertiary/aromatic N) is 3. The van der Waals surface area contributed by atoms with E-state index in [1.54, 1.807) is 24.0 Å². The molecule has 10 heteroatoms. The van der Waals surface area contributed by atoms with Gasteiger partial charge in [-0.1, -0.05) is 0 Å². The molecule has 0 bridgehead atoms. The molecule has 1 aromatic carbocycles. The number of sulfonamides is 1. The van der Waals surface area contributed by atoms with E-state index in [4.69, 9.17) is 4.74 Å². The van der Waals surface area contributed by atoms with E-state index >= 15 is 0 Å². The summed E-state index contributed by atoms with van der Waals surface area (Å²) in [6.07, 6.45) is 3.10. The summed E-state index contributed by atoms with van der Waals surface area (Å²) in [4.78, 5) is 15.0. The number of thioether (sulfide) groups is 1. The number of hydrogen-bond donors (Lipinski definition) is 0. The van der Waals surface area contributed by atoms with Crippen LogP contribution in [0.3, 0.4) is 0 Å². The van der Waals surface area contributed by atoms with Gasteiger partial charge in [0.05, 0.1) is 30.0 Å². The van der Waals surface area contributed by atoms with Crippen LogP contribution in [0.5, 0.6) is 5.75 Å². The lowest BCUT2D eigenvalue weighted by molar-refractivity contribution is -0.385. The predicted octanol–water partition coefficient (Wildman–Crippen LogP) is 2.30. The molecule has 2 heterocycles. The first-order valence-electron chi connectivity index (χ1n) is 6.87. The molecule has 1 aliphatic heterocycles. The Morgan fingerprint density at radius 3 is 2.88 bits per heavy atom. The SMILES string of the molecule is COc1cc([N+](=O)[O-])ccc1S(=O)(=O)N1CCSc2ccncc21. The minimum absolute atomic E-state index is 0.0622. The molecule has 0 N–H and O–H groups in total. The summed E-state index contributed by atoms with van der Waals surface area (Å²) in [5, 5.41) is 10.9. The molecule has 0 fully saturated rings. The lowest BCUT2D eigenvalue weighted by Crippen LogP contribution is -2.35. The Bertz CT molecular complexity index is 901. The van der Waals surface area contributed by atoms with Gasteiger partial charge in [-0.3, -0.25) is 19.4 Å². The van der Waals surface area contributed by atoms with Crippen molar-refractivity contribution in [2.45, 2.75) is 9.79 Å². The van der Waals surface area contributed by atoms with Gasteiger partial charge < -0.3 is 4.74 Å². The molecule has 0 aliphatic carbocycles. The third-order valence-electron chi connectivity index (χ3n) is 3.51. The minimum atomic E-state index is -3.93. The molecule has 0 spiro atoms. The monoisotopic (exact) mass is 367 g/mol. The number of pyridine rings is 1. The van der Waals surface area contributed by atoms with Crippen molar-refractivity contribution < 1.29 is 18.1 Å². The molecule has 0 amide bonds. The normalized spacial score (nSPS) is 14.1. The number of fused-ring (bicyclic) bond motifs is 1. The van der Waals surface area contributed by atoms with Crippen LogP contribution in [0.25, 0.3) is 0 Å². The first-order chi connectivity index (χ1) is 11.4. The van der Waals surface area contributed by atoms with Crippen LogP contribution in [-0.2, 0) is 10.0 Å². The van der Waals surface area contributed by atoms with Crippen molar-refractivity contribution in [3.8, 4) is 5.75 Å². The van der Waals surface area contributed by atoms with E-state index in [1.165, 1.54) is 23.7 Å². The standard InChI is InChI=1S/C14H13N3O5S2/c1-22-12-8-10(17(18)19)2-3-14(12)24(20,21)16-6-7-23-13-4-5-15-9-11(13)16/h2-5,8-9H,6-7H2,1H3. The number of nitro groups is 1. The van der Waals surface area contributed by atoms with Crippen molar-refractivity contribution in [3.05, 3.63) is 46.8 Å². The van der Waals surface area contributed by atoms with Crippen molar-refractivity contribution in [3.63, 3.8) is 0 Å². The number of aromatic nitrogens is 1. The highest BCUT2D eigenvalue weighted by molar-refractivity contribution is 8.00. The van der Waals surface area contributed by atoms with Crippen LogP contribution in [0.4, 0.5) is 11.4 Å². The highest BCUT2D eigenvalue weighted by Crippen LogP contribution is 2.39. The maximum absolute atomic E-state index is 13.0. The van der Waals surface area contributed by atoms with Gasteiger partial charge in [-0.2, -0.15) is 0 Å². The van der Waals surface area contributed by atoms with Crippen LogP contribution in [0.2, 0.25) is 0 Å². The first kappa shape index (κ1) is 16.5. The second kappa shape index (κ2) is 6.29. The van der Waals surface area contributed by atoms with E-state index in [1.807, 2.05) is 0 Å². The summed E-state index contributed by atoms with van der Waals surface area (Å²) >= 11 is 1.55. The Balaban J connectivity index is 2.11. The summed E-state index contributed by atoms with van der Waals surface area (Å²) < 4.78 is 32.4. The van der Waals surface area contributed by atoms with Gasteiger partial charge in [-0.15, -0.1) is 11.8 Å². The summed E-state index contributed by atoms with van der Waals surface area (Å²) in [7, 11) is -2.65. The molecule has 126 valence electrons. The van der Waals surface area contributed by atoms with Crippen molar-refractivity contribution >= 4 is 33.2 Å². The summed E-state index contributed by atoms with van der Waals surface area (Å²) in [5.74, 6) is 0.541. The number of nitro benzene ring substituents is 1. The molecule has 0 unspecified atom stereocenters. The van der Waals surface area contributed by atoms with Crippen LogP contribution in [0, 0.1) is 10.1 Å². The zero-order chi connectivity index (χ0) is 17.3. The lowest BCUT2D eigenvalue weighted by Gasteiger charge is -2.29. The maximum atomic E-state index is 13.0. The molecule has 0 atom stereocenters. The summed E-state index contributed by atoms with van der Waals surface area (Å²) in [6.45, 7) is 0.284. The fourth-order valence-electron chi connectivity index (χ4n) is 2.39. The van der Waals surface area contributed by atoms with Crippen molar-refractivity contribution in [1.82, 2.24) is 4.98 Å². The third-order valence-corrected chi connectivity index (χ3v) is 6.40. The Morgan fingerprint density at radius 2 is 2.17 bits per heavy atom. The van der Waals surface area contributed by atoms with Crippen LogP contribution >= 0.6 is 11.8 Å². The Morgan fingerprint density at radius 1 is 1.38 bits per heavy atom. The first-order valence-corrected chi connectivity index (χ1v) is 9.29. The maximum Gasteiger partial charge on any atom is 0.273 e. The molecule has 1 aromatic heterocycles. The van der Waals surface area contributed by atoms with E-state index in [-0.39, 0.29) is 22.9 Å². The molecular formula is C14H13N3O5S2. The predicted molar refractivity (Wildman–Crippen MR) is 89.1 cm³/mol. The molecular weight excluding hydrogens is 354 g/mol. The van der Waals surface area contributed by atoms with Gasteiger partial charge in [0, 0.05) is 29.5 Å². The van der Waals surface area contributed by atoms with Crippen molar-refractivity contribution in [1.29, 1.82) is 0 Å². The largest absolute Gasteiger partial charge is 0.495 e. The highest BCUT2D eigenvalue weighted by Gasteiger charge is 2.32. The topological polar surface area (TPSA) is 103 Å². The van der Waals surface area contributed by atoms with E-state index in [2.05, 4.69) is 4.98 Å². The summed E-state index contributed by atoms with van der Waals surface area (Å²) in [6, 6.07) is 5.22. The number of hydrogen-bond acceptors (Lipinski definition) is 7. The highest BCUT2D eigenvalue weighted by atomic mass is 32.2. The number of methoxy groups -OCH3 is 1. The van der Waals surface area contributed by atoms with Gasteiger partial charge in [0.1, 0.15) is 10.6 Å². The van der Waals surface area contributed by atoms with E-state index in [0.29, 0.717) is 11.4 Å². The zero-order valence-corrected chi connectivity index (χ0v) is 14.2. The Kier molecular flexibility index (Phi) is 4.33. The molecule has 0 saturated heterocycles. The fourth-order valence-corrected chi connectivity index (χ4v) is 5.14. The van der Waals surface area contributed by atoms with Crippen molar-refractivity contribution in [2.75, 3.05) is 23.7 Å². The average Bonchev–Trinajstić information content (AvgIpc) is 2.60. The van der Waals surface area contributed by atoms with Gasteiger partial charge in [0.2, 0.25) is 0 Å². The van der Waals surface area contributed by atoms with Crippen LogP contribution < -0.4 is 9.04 Å². The quantitative estimate of drug-likeness (QED) is 0.603. The Labute approximate surface area is 142 Å². The van der Waals surface area contributed by atoms with Gasteiger partial charge in [0.15, 0.2) is 0 Å². The molecule has 1 aliphatic rings. The van der Waals surface area contributed by atoms with E-state index in [0.717, 1.165) is 17.0 Å². The molecule has 3 rings (SSSR count). The zero-order valence-electron chi connectivity index (χ0n) is 12.6. The van der Waals surface area contributed by atoms with Crippen LogP contribution in [-0.4, -0.2) is 37.7 Å². The van der Waals surface area contributed by atoms with Gasteiger partial charge in [0.25, 0.3) is 15.7 Å². The lowest BCUT2D eigenvalue weighted by atomic mass is 10.3. The fraction of sp³-hybridized carbons (Fsp3) is 0.214. The molecule has 0 radical (unpaired) electrons. The van der Waals surface area contributed by atoms with Crippen LogP contribution in [0.1, 0.15) is 0 Å². The third kappa shape index (κ3) is 2.78. The molecule has 2 aromatic rings. The number of rotatable bonds is 4. The van der Waals surface area contributed by atoms with Gasteiger partial charge >= 0.3 is 0 Å². The van der Waals surface area contributed by atoms with Gasteiger partial charge in [-0.05, 0) is 12.1 Å². The Hall–Kier alpha value is -2.33. The van der Waals surface area contributed by atoms with Crippen molar-refractivity contribution in [2.24, 2.45) is 0 Å². The molecule has 8 nitrogen and oxygen atoms in total. The van der Waals surface area contributed by atoms with E-state index < -0.39 is 14.9 Å². The number of anilines is 1. The number of benzene rings is 1. The van der Waals surface area contributed by atoms with Gasteiger partial charge in [-0.25, -0.2) is 8.42 Å². The second-order valence-corrected chi connectivity index (χ2v) is 7.83. The number of non-ortho nitro benzene ring substituents is 1. The average molecular weight is 367 g/mol. The van der Waals surface area contributed by atoms with E-state index in [9.17, 15) is 18.5 Å². The number of ether oxygens (including phenoxy) is 1. The molecule has 0 saturated carbocycles.